The van der Waals surface area contributed by atoms with Crippen LogP contribution in [0, 0.1) is 0 Å². The Morgan fingerprint density at radius 3 is 1.80 bits per heavy atom. The highest BCUT2D eigenvalue weighted by molar-refractivity contribution is 7.99. The molecule has 2 rings (SSSR count). The van der Waals surface area contributed by atoms with Crippen LogP contribution in [0.4, 0.5) is 0 Å². The van der Waals surface area contributed by atoms with Crippen molar-refractivity contribution in [3.8, 4) is 0 Å². The highest BCUT2D eigenvalue weighted by Crippen LogP contribution is 2.39. The van der Waals surface area contributed by atoms with Crippen molar-refractivity contribution in [3.05, 3.63) is 66.2 Å². The molecule has 2 aromatic rings. The monoisotopic (exact) mass is 358 g/mol. The van der Waals surface area contributed by atoms with E-state index in [1.807, 2.05) is 11.8 Å². The first kappa shape index (κ1) is 20.0. The maximum atomic E-state index is 6.17. The summed E-state index contributed by atoms with van der Waals surface area (Å²) in [5, 5.41) is 0.123. The van der Waals surface area contributed by atoms with E-state index >= 15 is 0 Å². The van der Waals surface area contributed by atoms with Crippen LogP contribution in [0.5, 0.6) is 0 Å². The fourth-order valence-corrected chi connectivity index (χ4v) is 3.65. The molecule has 0 fully saturated rings. The summed E-state index contributed by atoms with van der Waals surface area (Å²) < 4.78 is 12.3. The van der Waals surface area contributed by atoms with E-state index in [0.29, 0.717) is 0 Å². The molecular formula is C22H30O2S. The molecule has 0 N–H and O–H groups in total. The standard InChI is InChI=1S/C22H30O2S/c1-3-5-17-23-22(24-18-6-4-2)21(19-13-9-7-10-14-19)25-20-15-11-8-12-16-20/h7-16,21-22H,3-6,17-18H2,1-2H3. The van der Waals surface area contributed by atoms with Crippen molar-refractivity contribution < 1.29 is 9.47 Å². The first-order valence-electron chi connectivity index (χ1n) is 9.35. The van der Waals surface area contributed by atoms with Gasteiger partial charge in [0.25, 0.3) is 0 Å². The zero-order chi connectivity index (χ0) is 17.7. The molecule has 0 spiro atoms. The summed E-state index contributed by atoms with van der Waals surface area (Å²) in [5.74, 6) is 0. The largest absolute Gasteiger partial charge is 0.351 e. The molecule has 25 heavy (non-hydrogen) atoms. The Kier molecular flexibility index (Phi) is 9.71. The summed E-state index contributed by atoms with van der Waals surface area (Å²) in [4.78, 5) is 1.24. The van der Waals surface area contributed by atoms with Crippen molar-refractivity contribution in [3.63, 3.8) is 0 Å². The number of thioether (sulfide) groups is 1. The van der Waals surface area contributed by atoms with E-state index in [9.17, 15) is 0 Å². The van der Waals surface area contributed by atoms with Gasteiger partial charge in [0.2, 0.25) is 0 Å². The van der Waals surface area contributed by atoms with Crippen LogP contribution in [0.2, 0.25) is 0 Å². The zero-order valence-electron chi connectivity index (χ0n) is 15.4. The molecule has 0 aliphatic rings. The molecule has 3 heteroatoms. The van der Waals surface area contributed by atoms with Gasteiger partial charge in [-0.3, -0.25) is 0 Å². The molecule has 0 aliphatic carbocycles. The Morgan fingerprint density at radius 2 is 1.28 bits per heavy atom. The van der Waals surface area contributed by atoms with Crippen LogP contribution >= 0.6 is 11.8 Å². The molecule has 0 bridgehead atoms. The molecular weight excluding hydrogens is 328 g/mol. The molecule has 2 aromatic carbocycles. The van der Waals surface area contributed by atoms with E-state index in [1.165, 1.54) is 10.5 Å². The Labute approximate surface area is 156 Å². The van der Waals surface area contributed by atoms with Crippen molar-refractivity contribution in [2.24, 2.45) is 0 Å². The zero-order valence-corrected chi connectivity index (χ0v) is 16.2. The summed E-state index contributed by atoms with van der Waals surface area (Å²) in [5.41, 5.74) is 1.24. The molecule has 2 nitrogen and oxygen atoms in total. The normalized spacial score (nSPS) is 12.4. The van der Waals surface area contributed by atoms with Gasteiger partial charge in [-0.2, -0.15) is 0 Å². The average molecular weight is 359 g/mol. The number of ether oxygens (including phenoxy) is 2. The molecule has 0 saturated carbocycles. The maximum absolute atomic E-state index is 6.17. The third-order valence-corrected chi connectivity index (χ3v) is 5.23. The molecule has 1 unspecified atom stereocenters. The van der Waals surface area contributed by atoms with Gasteiger partial charge in [0.05, 0.1) is 5.25 Å². The molecule has 136 valence electrons. The van der Waals surface area contributed by atoms with Crippen LogP contribution in [0.25, 0.3) is 0 Å². The predicted molar refractivity (Wildman–Crippen MR) is 107 cm³/mol. The highest BCUT2D eigenvalue weighted by atomic mass is 32.2. The third-order valence-electron chi connectivity index (χ3n) is 3.94. The fraction of sp³-hybridized carbons (Fsp3) is 0.455. The van der Waals surface area contributed by atoms with E-state index in [0.717, 1.165) is 38.9 Å². The van der Waals surface area contributed by atoms with Crippen molar-refractivity contribution >= 4 is 11.8 Å². The molecule has 0 amide bonds. The first-order valence-corrected chi connectivity index (χ1v) is 10.2. The van der Waals surface area contributed by atoms with Gasteiger partial charge in [-0.1, -0.05) is 75.2 Å². The molecule has 0 radical (unpaired) electrons. The van der Waals surface area contributed by atoms with Gasteiger partial charge in [-0.15, -0.1) is 11.8 Å². The molecule has 1 atom stereocenters. The van der Waals surface area contributed by atoms with E-state index in [2.05, 4.69) is 74.5 Å². The number of benzene rings is 2. The summed E-state index contributed by atoms with van der Waals surface area (Å²) in [6.45, 7) is 5.85. The molecule has 0 saturated heterocycles. The Hall–Kier alpha value is -1.29. The van der Waals surface area contributed by atoms with E-state index < -0.39 is 0 Å². The van der Waals surface area contributed by atoms with Gasteiger partial charge >= 0.3 is 0 Å². The van der Waals surface area contributed by atoms with Crippen LogP contribution in [-0.2, 0) is 9.47 Å². The molecule has 0 aliphatic heterocycles. The van der Waals surface area contributed by atoms with Crippen LogP contribution < -0.4 is 0 Å². The van der Waals surface area contributed by atoms with E-state index in [-0.39, 0.29) is 11.5 Å². The van der Waals surface area contributed by atoms with Crippen LogP contribution in [-0.4, -0.2) is 19.5 Å². The number of unbranched alkanes of at least 4 members (excludes halogenated alkanes) is 2. The number of hydrogen-bond acceptors (Lipinski definition) is 3. The number of hydrogen-bond donors (Lipinski definition) is 0. The lowest BCUT2D eigenvalue weighted by atomic mass is 10.1. The second kappa shape index (κ2) is 12.1. The summed E-state index contributed by atoms with van der Waals surface area (Å²) in [6, 6.07) is 21.1. The van der Waals surface area contributed by atoms with Crippen LogP contribution in [0.1, 0.15) is 50.3 Å². The first-order chi connectivity index (χ1) is 12.3. The fourth-order valence-electron chi connectivity index (χ4n) is 2.48. The van der Waals surface area contributed by atoms with Crippen LogP contribution in [0.15, 0.2) is 65.6 Å². The topological polar surface area (TPSA) is 18.5 Å². The molecule has 0 aromatic heterocycles. The van der Waals surface area contributed by atoms with Crippen LogP contribution in [0.3, 0.4) is 0 Å². The van der Waals surface area contributed by atoms with Gasteiger partial charge < -0.3 is 9.47 Å². The lowest BCUT2D eigenvalue weighted by Crippen LogP contribution is -2.25. The second-order valence-electron chi connectivity index (χ2n) is 6.08. The minimum absolute atomic E-state index is 0.123. The Morgan fingerprint density at radius 1 is 0.760 bits per heavy atom. The minimum Gasteiger partial charge on any atom is -0.351 e. The summed E-state index contributed by atoms with van der Waals surface area (Å²) >= 11 is 1.82. The second-order valence-corrected chi connectivity index (χ2v) is 7.29. The van der Waals surface area contributed by atoms with E-state index in [1.54, 1.807) is 0 Å². The molecule has 0 heterocycles. The van der Waals surface area contributed by atoms with Crippen molar-refractivity contribution in [2.75, 3.05) is 13.2 Å². The quantitative estimate of drug-likeness (QED) is 0.246. The lowest BCUT2D eigenvalue weighted by Gasteiger charge is -2.27. The van der Waals surface area contributed by atoms with E-state index in [4.69, 9.17) is 9.47 Å². The van der Waals surface area contributed by atoms with Gasteiger partial charge in [0.1, 0.15) is 0 Å². The Balaban J connectivity index is 2.17. The number of rotatable bonds is 12. The Bertz CT molecular complexity index is 549. The maximum Gasteiger partial charge on any atom is 0.173 e. The third kappa shape index (κ3) is 7.23. The smallest absolute Gasteiger partial charge is 0.173 e. The average Bonchev–Trinajstić information content (AvgIpc) is 2.67. The van der Waals surface area contributed by atoms with Crippen molar-refractivity contribution in [1.82, 2.24) is 0 Å². The van der Waals surface area contributed by atoms with Crippen molar-refractivity contribution in [1.29, 1.82) is 0 Å². The SMILES string of the molecule is CCCCOC(OCCCC)C(Sc1ccccc1)c1ccccc1. The highest BCUT2D eigenvalue weighted by Gasteiger charge is 2.26. The lowest BCUT2D eigenvalue weighted by molar-refractivity contribution is -0.144. The summed E-state index contributed by atoms with van der Waals surface area (Å²) in [7, 11) is 0. The van der Waals surface area contributed by atoms with Crippen molar-refractivity contribution in [2.45, 2.75) is 56.0 Å². The van der Waals surface area contributed by atoms with Gasteiger partial charge in [-0.05, 0) is 30.5 Å². The van der Waals surface area contributed by atoms with Gasteiger partial charge in [-0.25, -0.2) is 0 Å². The van der Waals surface area contributed by atoms with Gasteiger partial charge in [0.15, 0.2) is 6.29 Å². The predicted octanol–water partition coefficient (Wildman–Crippen LogP) is 6.48. The van der Waals surface area contributed by atoms with Gasteiger partial charge in [0, 0.05) is 18.1 Å². The summed E-state index contributed by atoms with van der Waals surface area (Å²) in [6.07, 6.45) is 4.15. The minimum atomic E-state index is -0.231.